The molecule has 0 spiro atoms. The molecular formula is C16H30N2O3. The third-order valence-electron chi connectivity index (χ3n) is 4.55. The molecule has 21 heavy (non-hydrogen) atoms. The standard InChI is InChI=1S/C16H30N2O3/c1-13(2)11-21-15(19)18-9-5-14(6-10-18)17-12-16(20)7-3-4-8-16/h13-14,17,20H,3-12H2,1-2H3. The fraction of sp³-hybridized carbons (Fsp3) is 0.938. The summed E-state index contributed by atoms with van der Waals surface area (Å²) in [6, 6.07) is 0.406. The van der Waals surface area contributed by atoms with Crippen molar-refractivity contribution >= 4 is 6.09 Å². The Labute approximate surface area is 128 Å². The van der Waals surface area contributed by atoms with Crippen molar-refractivity contribution in [2.45, 2.75) is 64.0 Å². The van der Waals surface area contributed by atoms with E-state index in [1.165, 1.54) is 0 Å². The molecular weight excluding hydrogens is 268 g/mol. The number of carbonyl (C=O) groups excluding carboxylic acids is 1. The summed E-state index contributed by atoms with van der Waals surface area (Å²) in [5, 5.41) is 13.8. The molecule has 0 aromatic heterocycles. The molecule has 5 nitrogen and oxygen atoms in total. The molecule has 0 radical (unpaired) electrons. The first-order chi connectivity index (χ1) is 9.98. The van der Waals surface area contributed by atoms with Crippen LogP contribution < -0.4 is 5.32 Å². The number of hydrogen-bond acceptors (Lipinski definition) is 4. The lowest BCUT2D eigenvalue weighted by Gasteiger charge is -2.34. The average Bonchev–Trinajstić information content (AvgIpc) is 2.90. The van der Waals surface area contributed by atoms with E-state index in [1.807, 2.05) is 13.8 Å². The van der Waals surface area contributed by atoms with Gasteiger partial charge in [-0.05, 0) is 31.6 Å². The molecule has 0 atom stereocenters. The number of hydrogen-bond donors (Lipinski definition) is 2. The van der Waals surface area contributed by atoms with Crippen LogP contribution in [0.15, 0.2) is 0 Å². The van der Waals surface area contributed by atoms with Crippen LogP contribution in [-0.2, 0) is 4.74 Å². The zero-order valence-electron chi connectivity index (χ0n) is 13.4. The van der Waals surface area contributed by atoms with Crippen molar-refractivity contribution in [3.8, 4) is 0 Å². The van der Waals surface area contributed by atoms with Gasteiger partial charge in [-0.1, -0.05) is 26.7 Å². The molecule has 0 unspecified atom stereocenters. The van der Waals surface area contributed by atoms with E-state index in [9.17, 15) is 9.90 Å². The number of aliphatic hydroxyl groups is 1. The van der Waals surface area contributed by atoms with Gasteiger partial charge in [-0.3, -0.25) is 0 Å². The SMILES string of the molecule is CC(C)COC(=O)N1CCC(NCC2(O)CCCC2)CC1. The zero-order valence-corrected chi connectivity index (χ0v) is 13.4. The molecule has 1 aliphatic carbocycles. The maximum absolute atomic E-state index is 11.9. The number of ether oxygens (including phenoxy) is 1. The maximum Gasteiger partial charge on any atom is 0.409 e. The number of piperidine rings is 1. The summed E-state index contributed by atoms with van der Waals surface area (Å²) < 4.78 is 5.26. The first kappa shape index (κ1) is 16.6. The molecule has 2 rings (SSSR count). The second kappa shape index (κ2) is 7.45. The second-order valence-electron chi connectivity index (χ2n) is 7.04. The summed E-state index contributed by atoms with van der Waals surface area (Å²) in [5.41, 5.74) is -0.493. The molecule has 0 aromatic carbocycles. The fourth-order valence-electron chi connectivity index (χ4n) is 3.14. The van der Waals surface area contributed by atoms with Crippen molar-refractivity contribution in [2.24, 2.45) is 5.92 Å². The highest BCUT2D eigenvalue weighted by Crippen LogP contribution is 2.29. The summed E-state index contributed by atoms with van der Waals surface area (Å²) in [7, 11) is 0. The van der Waals surface area contributed by atoms with Gasteiger partial charge in [0, 0.05) is 25.7 Å². The smallest absolute Gasteiger partial charge is 0.409 e. The largest absolute Gasteiger partial charge is 0.449 e. The number of nitrogens with zero attached hydrogens (tertiary/aromatic N) is 1. The molecule has 2 aliphatic rings. The molecule has 1 heterocycles. The predicted molar refractivity (Wildman–Crippen MR) is 82.2 cm³/mol. The molecule has 122 valence electrons. The van der Waals surface area contributed by atoms with E-state index in [0.717, 1.165) is 51.6 Å². The topological polar surface area (TPSA) is 61.8 Å². The summed E-state index contributed by atoms with van der Waals surface area (Å²) in [4.78, 5) is 13.7. The third kappa shape index (κ3) is 5.15. The Balaban J connectivity index is 1.64. The lowest BCUT2D eigenvalue weighted by Crippen LogP contribution is -2.49. The van der Waals surface area contributed by atoms with Gasteiger partial charge in [0.15, 0.2) is 0 Å². The van der Waals surface area contributed by atoms with Gasteiger partial charge in [-0.2, -0.15) is 0 Å². The minimum Gasteiger partial charge on any atom is -0.449 e. The minimum absolute atomic E-state index is 0.184. The van der Waals surface area contributed by atoms with E-state index in [1.54, 1.807) is 4.90 Å². The summed E-state index contributed by atoms with van der Waals surface area (Å²) >= 11 is 0. The van der Waals surface area contributed by atoms with Crippen molar-refractivity contribution in [1.82, 2.24) is 10.2 Å². The van der Waals surface area contributed by atoms with Gasteiger partial charge in [0.05, 0.1) is 12.2 Å². The van der Waals surface area contributed by atoms with E-state index in [-0.39, 0.29) is 6.09 Å². The normalized spacial score (nSPS) is 22.8. The monoisotopic (exact) mass is 298 g/mol. The average molecular weight is 298 g/mol. The van der Waals surface area contributed by atoms with E-state index < -0.39 is 5.60 Å². The molecule has 0 bridgehead atoms. The molecule has 2 fully saturated rings. The molecule has 1 aliphatic heterocycles. The van der Waals surface area contributed by atoms with Crippen LogP contribution in [0.4, 0.5) is 4.79 Å². The van der Waals surface area contributed by atoms with E-state index in [4.69, 9.17) is 4.74 Å². The van der Waals surface area contributed by atoms with Crippen LogP contribution in [0.1, 0.15) is 52.4 Å². The van der Waals surface area contributed by atoms with Gasteiger partial charge < -0.3 is 20.1 Å². The summed E-state index contributed by atoms with van der Waals surface area (Å²) in [5.74, 6) is 0.375. The Morgan fingerprint density at radius 2 is 1.95 bits per heavy atom. The third-order valence-corrected chi connectivity index (χ3v) is 4.55. The van der Waals surface area contributed by atoms with Crippen LogP contribution in [0.2, 0.25) is 0 Å². The van der Waals surface area contributed by atoms with Gasteiger partial charge >= 0.3 is 6.09 Å². The van der Waals surface area contributed by atoms with Gasteiger partial charge in [0.1, 0.15) is 0 Å². The summed E-state index contributed by atoms with van der Waals surface area (Å²) in [6.07, 6.45) is 5.80. The molecule has 5 heteroatoms. The van der Waals surface area contributed by atoms with Gasteiger partial charge in [0.25, 0.3) is 0 Å². The van der Waals surface area contributed by atoms with Crippen LogP contribution in [0.25, 0.3) is 0 Å². The summed E-state index contributed by atoms with van der Waals surface area (Å²) in [6.45, 7) is 6.74. The zero-order chi connectivity index (χ0) is 15.3. The quantitative estimate of drug-likeness (QED) is 0.816. The highest BCUT2D eigenvalue weighted by atomic mass is 16.6. The Morgan fingerprint density at radius 3 is 2.52 bits per heavy atom. The van der Waals surface area contributed by atoms with Gasteiger partial charge in [0.2, 0.25) is 0 Å². The lowest BCUT2D eigenvalue weighted by atomic mass is 10.00. The van der Waals surface area contributed by atoms with Crippen molar-refractivity contribution in [3.63, 3.8) is 0 Å². The first-order valence-electron chi connectivity index (χ1n) is 8.36. The Morgan fingerprint density at radius 1 is 1.33 bits per heavy atom. The van der Waals surface area contributed by atoms with Crippen LogP contribution in [0.3, 0.4) is 0 Å². The number of amides is 1. The van der Waals surface area contributed by atoms with E-state index in [2.05, 4.69) is 5.32 Å². The highest BCUT2D eigenvalue weighted by molar-refractivity contribution is 5.67. The fourth-order valence-corrected chi connectivity index (χ4v) is 3.14. The Hall–Kier alpha value is -0.810. The lowest BCUT2D eigenvalue weighted by molar-refractivity contribution is 0.0402. The van der Waals surface area contributed by atoms with Crippen molar-refractivity contribution in [3.05, 3.63) is 0 Å². The molecule has 0 aromatic rings. The van der Waals surface area contributed by atoms with Crippen LogP contribution in [0.5, 0.6) is 0 Å². The van der Waals surface area contributed by atoms with Crippen LogP contribution >= 0.6 is 0 Å². The van der Waals surface area contributed by atoms with Gasteiger partial charge in [-0.15, -0.1) is 0 Å². The van der Waals surface area contributed by atoms with E-state index >= 15 is 0 Å². The molecule has 1 saturated heterocycles. The Kier molecular flexibility index (Phi) is 5.88. The first-order valence-corrected chi connectivity index (χ1v) is 8.36. The predicted octanol–water partition coefficient (Wildman–Crippen LogP) is 2.14. The van der Waals surface area contributed by atoms with Crippen molar-refractivity contribution < 1.29 is 14.6 Å². The van der Waals surface area contributed by atoms with Gasteiger partial charge in [-0.25, -0.2) is 4.79 Å². The van der Waals surface area contributed by atoms with Crippen molar-refractivity contribution in [1.29, 1.82) is 0 Å². The number of carbonyl (C=O) groups is 1. The number of nitrogens with one attached hydrogen (secondary N) is 1. The molecule has 1 amide bonds. The number of likely N-dealkylation sites (tertiary alicyclic amines) is 1. The van der Waals surface area contributed by atoms with Crippen LogP contribution in [0, 0.1) is 5.92 Å². The number of rotatable bonds is 5. The molecule has 1 saturated carbocycles. The highest BCUT2D eigenvalue weighted by Gasteiger charge is 2.32. The van der Waals surface area contributed by atoms with Crippen molar-refractivity contribution in [2.75, 3.05) is 26.2 Å². The van der Waals surface area contributed by atoms with Crippen LogP contribution in [-0.4, -0.2) is 54.0 Å². The maximum atomic E-state index is 11.9. The molecule has 2 N–H and O–H groups in total. The Bertz CT molecular complexity index is 332. The van der Waals surface area contributed by atoms with E-state index in [0.29, 0.717) is 25.1 Å². The minimum atomic E-state index is -0.493. The second-order valence-corrected chi connectivity index (χ2v) is 7.04.